The fourth-order valence-electron chi connectivity index (χ4n) is 3.92. The number of ketones is 1. The number of urea groups is 1. The van der Waals surface area contributed by atoms with E-state index in [4.69, 9.17) is 0 Å². The quantitative estimate of drug-likeness (QED) is 0.667. The molecular weight excluding hydrogens is 463 g/mol. The van der Waals surface area contributed by atoms with Crippen molar-refractivity contribution >= 4 is 33.2 Å². The molecule has 1 N–H and O–H groups in total. The molecule has 4 rings (SSSR count). The van der Waals surface area contributed by atoms with E-state index in [1.807, 2.05) is 0 Å². The second kappa shape index (κ2) is 7.68. The van der Waals surface area contributed by atoms with Crippen molar-refractivity contribution in [3.63, 3.8) is 0 Å². The number of nitrogens with zero attached hydrogens (tertiary/aromatic N) is 4. The largest absolute Gasteiger partial charge is 0.452 e. The Hall–Kier alpha value is -3.22. The van der Waals surface area contributed by atoms with Crippen LogP contribution in [0.25, 0.3) is 0 Å². The number of benzene rings is 1. The molecular formula is C20H20F3N5O4S. The minimum Gasteiger partial charge on any atom is -0.374 e. The van der Waals surface area contributed by atoms with Gasteiger partial charge in [-0.1, -0.05) is 18.2 Å². The van der Waals surface area contributed by atoms with Gasteiger partial charge in [-0.3, -0.25) is 9.69 Å². The van der Waals surface area contributed by atoms with Gasteiger partial charge >= 0.3 is 12.2 Å². The number of hydrogen-bond acceptors (Lipinski definition) is 7. The molecule has 176 valence electrons. The number of sulfone groups is 1. The van der Waals surface area contributed by atoms with Crippen LogP contribution in [-0.2, 0) is 21.2 Å². The predicted molar refractivity (Wildman–Crippen MR) is 111 cm³/mol. The van der Waals surface area contributed by atoms with Crippen molar-refractivity contribution in [3.05, 3.63) is 41.1 Å². The lowest BCUT2D eigenvalue weighted by molar-refractivity contribution is -0.172. The third-order valence-electron chi connectivity index (χ3n) is 5.54. The first-order valence-corrected chi connectivity index (χ1v) is 11.6. The molecule has 33 heavy (non-hydrogen) atoms. The molecule has 2 atom stereocenters. The van der Waals surface area contributed by atoms with Crippen molar-refractivity contribution in [1.82, 2.24) is 14.9 Å². The monoisotopic (exact) mass is 484 g/mol. The number of hydrogen-bond donors (Lipinski definition) is 1. The number of alkyl halides is 3. The van der Waals surface area contributed by atoms with E-state index in [2.05, 4.69) is 15.3 Å². The van der Waals surface area contributed by atoms with Gasteiger partial charge < -0.3 is 10.2 Å². The SMILES string of the molecule is [2H]C1(N2Cc3cnc(S(C)(=O)=O)nc3N(C)C2=O)CC(C(=O)C(F)(F)F)Nc2c(C)cccc21. The average molecular weight is 484 g/mol. The average Bonchev–Trinajstić information content (AvgIpc) is 2.74. The van der Waals surface area contributed by atoms with Crippen LogP contribution in [0, 0.1) is 6.92 Å². The third-order valence-corrected chi connectivity index (χ3v) is 6.40. The Balaban J connectivity index is 1.83. The molecule has 0 aliphatic carbocycles. The van der Waals surface area contributed by atoms with E-state index >= 15 is 0 Å². The van der Waals surface area contributed by atoms with Gasteiger partial charge in [-0.2, -0.15) is 13.2 Å². The van der Waals surface area contributed by atoms with Crippen molar-refractivity contribution in [2.75, 3.05) is 23.5 Å². The lowest BCUT2D eigenvalue weighted by Gasteiger charge is -2.43. The Morgan fingerprint density at radius 3 is 2.67 bits per heavy atom. The molecule has 3 heterocycles. The van der Waals surface area contributed by atoms with Crippen LogP contribution in [-0.4, -0.2) is 60.6 Å². The van der Waals surface area contributed by atoms with E-state index in [-0.39, 0.29) is 23.6 Å². The van der Waals surface area contributed by atoms with Gasteiger partial charge in [0.1, 0.15) is 5.82 Å². The van der Waals surface area contributed by atoms with Gasteiger partial charge in [0, 0.05) is 30.8 Å². The minimum absolute atomic E-state index is 0.0154. The molecule has 0 saturated carbocycles. The number of aromatic nitrogens is 2. The minimum atomic E-state index is -5.13. The molecule has 2 amide bonds. The number of rotatable bonds is 3. The number of amides is 2. The maximum Gasteiger partial charge on any atom is 0.452 e. The maximum absolute atomic E-state index is 13.3. The van der Waals surface area contributed by atoms with Gasteiger partial charge in [-0.05, 0) is 24.5 Å². The normalized spacial score (nSPS) is 23.4. The van der Waals surface area contributed by atoms with Gasteiger partial charge in [0.25, 0.3) is 5.78 Å². The van der Waals surface area contributed by atoms with E-state index < -0.39 is 51.5 Å². The molecule has 0 bridgehead atoms. The number of Topliss-reactive ketones (excluding diaryl/α,β-unsaturated/α-hetero) is 1. The number of aryl methyl sites for hydroxylation is 1. The molecule has 1 aromatic carbocycles. The van der Waals surface area contributed by atoms with Crippen LogP contribution in [0.5, 0.6) is 0 Å². The van der Waals surface area contributed by atoms with Crippen LogP contribution >= 0.6 is 0 Å². The van der Waals surface area contributed by atoms with Gasteiger partial charge in [-0.25, -0.2) is 23.2 Å². The number of nitrogens with one attached hydrogen (secondary N) is 1. The first kappa shape index (κ1) is 21.6. The van der Waals surface area contributed by atoms with E-state index in [0.717, 1.165) is 16.1 Å². The Bertz CT molecular complexity index is 1320. The maximum atomic E-state index is 13.3. The molecule has 2 aliphatic heterocycles. The summed E-state index contributed by atoms with van der Waals surface area (Å²) in [5, 5.41) is 2.12. The third kappa shape index (κ3) is 4.01. The number of halogens is 3. The second-order valence-corrected chi connectivity index (χ2v) is 9.82. The number of fused-ring (bicyclic) bond motifs is 2. The lowest BCUT2D eigenvalue weighted by atomic mass is 9.87. The fourth-order valence-corrected chi connectivity index (χ4v) is 4.42. The van der Waals surface area contributed by atoms with E-state index in [9.17, 15) is 32.5 Å². The topological polar surface area (TPSA) is 113 Å². The zero-order valence-electron chi connectivity index (χ0n) is 18.8. The number of para-hydroxylation sites is 1. The van der Waals surface area contributed by atoms with Crippen LogP contribution in [0.15, 0.2) is 29.6 Å². The fraction of sp³-hybridized carbons (Fsp3) is 0.400. The van der Waals surface area contributed by atoms with E-state index in [1.54, 1.807) is 19.1 Å². The molecule has 1 aromatic heterocycles. The highest BCUT2D eigenvalue weighted by Crippen LogP contribution is 2.42. The summed E-state index contributed by atoms with van der Waals surface area (Å²) in [5.41, 5.74) is 1.22. The number of carbonyl (C=O) groups is 2. The molecule has 0 saturated heterocycles. The van der Waals surface area contributed by atoms with Crippen molar-refractivity contribution in [2.45, 2.75) is 43.3 Å². The van der Waals surface area contributed by atoms with Crippen LogP contribution in [0.2, 0.25) is 0 Å². The Labute approximate surface area is 188 Å². The van der Waals surface area contributed by atoms with E-state index in [1.165, 1.54) is 19.3 Å². The Kier molecular flexibility index (Phi) is 5.03. The highest BCUT2D eigenvalue weighted by atomic mass is 32.2. The van der Waals surface area contributed by atoms with Crippen molar-refractivity contribution in [1.29, 1.82) is 0 Å². The number of anilines is 2. The zero-order chi connectivity index (χ0) is 25.2. The van der Waals surface area contributed by atoms with Crippen molar-refractivity contribution in [2.24, 2.45) is 0 Å². The molecule has 0 radical (unpaired) electrons. The molecule has 2 aliphatic rings. The van der Waals surface area contributed by atoms with Crippen LogP contribution in [0.4, 0.5) is 29.5 Å². The molecule has 2 aromatic rings. The molecule has 9 nitrogen and oxygen atoms in total. The number of carbonyl (C=O) groups excluding carboxylic acids is 2. The Morgan fingerprint density at radius 1 is 1.33 bits per heavy atom. The Morgan fingerprint density at radius 2 is 2.03 bits per heavy atom. The van der Waals surface area contributed by atoms with Gasteiger partial charge in [0.05, 0.1) is 20.0 Å². The summed E-state index contributed by atoms with van der Waals surface area (Å²) < 4.78 is 72.7. The van der Waals surface area contributed by atoms with Gasteiger partial charge in [0.2, 0.25) is 15.0 Å². The highest BCUT2D eigenvalue weighted by molar-refractivity contribution is 7.90. The van der Waals surface area contributed by atoms with Crippen LogP contribution in [0.1, 0.15) is 30.5 Å². The van der Waals surface area contributed by atoms with E-state index in [0.29, 0.717) is 11.1 Å². The smallest absolute Gasteiger partial charge is 0.374 e. The lowest BCUT2D eigenvalue weighted by Crippen LogP contribution is -2.51. The van der Waals surface area contributed by atoms with Crippen molar-refractivity contribution in [3.8, 4) is 0 Å². The second-order valence-electron chi connectivity index (χ2n) is 7.91. The zero-order valence-corrected chi connectivity index (χ0v) is 18.6. The summed E-state index contributed by atoms with van der Waals surface area (Å²) in [6.07, 6.45) is -3.67. The molecule has 0 fully saturated rings. The summed E-state index contributed by atoms with van der Waals surface area (Å²) in [5.74, 6) is -2.03. The summed E-state index contributed by atoms with van der Waals surface area (Å²) in [6, 6.07) is 0.132. The molecule has 0 spiro atoms. The first-order chi connectivity index (χ1) is 15.6. The van der Waals surface area contributed by atoms with Crippen LogP contribution in [0.3, 0.4) is 0 Å². The van der Waals surface area contributed by atoms with Gasteiger partial charge in [-0.15, -0.1) is 0 Å². The van der Waals surface area contributed by atoms with Crippen molar-refractivity contribution < 1.29 is 32.5 Å². The predicted octanol–water partition coefficient (Wildman–Crippen LogP) is 2.62. The molecule has 13 heteroatoms. The van der Waals surface area contributed by atoms with Gasteiger partial charge in [0.15, 0.2) is 0 Å². The van der Waals surface area contributed by atoms with Crippen LogP contribution < -0.4 is 10.2 Å². The molecule has 2 unspecified atom stereocenters. The standard InChI is InChI=1S/C20H20F3N5O4S/c1-10-5-4-6-12-14(7-13(25-15(10)12)16(29)20(21,22)23)28-9-11-8-24-18(33(3,31)32)26-17(11)27(2)19(28)30/h4-6,8,13-14,25H,7,9H2,1-3H3/i14D. The first-order valence-electron chi connectivity index (χ1n) is 10.2. The summed E-state index contributed by atoms with van der Waals surface area (Å²) >= 11 is 0. The summed E-state index contributed by atoms with van der Waals surface area (Å²) in [4.78, 5) is 35.3. The highest BCUT2D eigenvalue weighted by Gasteiger charge is 2.48. The summed E-state index contributed by atoms with van der Waals surface area (Å²) in [7, 11) is -2.45. The summed E-state index contributed by atoms with van der Waals surface area (Å²) in [6.45, 7) is 1.35.